The number of carbonyl (C=O) groups excluding carboxylic acids is 3. The predicted molar refractivity (Wildman–Crippen MR) is 175 cm³/mol. The molecule has 11 heteroatoms. The van der Waals surface area contributed by atoms with Gasteiger partial charge in [0.25, 0.3) is 0 Å². The van der Waals surface area contributed by atoms with Crippen molar-refractivity contribution in [1.29, 1.82) is 0 Å². The lowest BCUT2D eigenvalue weighted by atomic mass is 9.91. The van der Waals surface area contributed by atoms with E-state index in [1.54, 1.807) is 22.3 Å². The van der Waals surface area contributed by atoms with Gasteiger partial charge in [0.2, 0.25) is 11.8 Å². The summed E-state index contributed by atoms with van der Waals surface area (Å²) in [5.74, 6) is -0.781. The largest absolute Gasteiger partial charge is 0.412 e. The topological polar surface area (TPSA) is 115 Å². The van der Waals surface area contributed by atoms with E-state index in [-0.39, 0.29) is 41.3 Å². The zero-order valence-electron chi connectivity index (χ0n) is 27.3. The summed E-state index contributed by atoms with van der Waals surface area (Å²) in [6, 6.07) is 8.86. The molecule has 1 saturated heterocycles. The van der Waals surface area contributed by atoms with Crippen molar-refractivity contribution in [2.24, 2.45) is 5.92 Å². The van der Waals surface area contributed by atoms with Crippen LogP contribution in [-0.2, 0) is 25.2 Å². The molecular weight excluding hydrogens is 593 g/mol. The van der Waals surface area contributed by atoms with Gasteiger partial charge in [-0.2, -0.15) is 0 Å². The molecule has 2 aromatic heterocycles. The van der Waals surface area contributed by atoms with Gasteiger partial charge < -0.3 is 24.0 Å². The molecule has 1 N–H and O–H groups in total. The Morgan fingerprint density at radius 3 is 2.45 bits per heavy atom. The SMILES string of the molecule is Cc1ncsc1-c1ccc([C@H](C)NC(=O)[C@@H]2C[C@@H](O[Si](C)(C)C(C)(C)C)CN2C(=O)C(c2cc(CC=O)no2)C(C)C)cc1. The summed E-state index contributed by atoms with van der Waals surface area (Å²) in [6.45, 7) is 19.1. The van der Waals surface area contributed by atoms with Gasteiger partial charge in [-0.1, -0.05) is 64.0 Å². The number of benzene rings is 1. The molecule has 3 aromatic rings. The third-order valence-corrected chi connectivity index (χ3v) is 14.5. The molecule has 1 aliphatic heterocycles. The van der Waals surface area contributed by atoms with Crippen molar-refractivity contribution in [2.45, 2.75) is 104 Å². The van der Waals surface area contributed by atoms with Gasteiger partial charge in [0.05, 0.1) is 33.9 Å². The molecular formula is C33H46N4O5SSi. The van der Waals surface area contributed by atoms with E-state index in [1.165, 1.54) is 0 Å². The standard InChI is InChI=1S/C33H46N4O5SSi/c1-20(2)29(28-16-25(14-15-38)36-41-28)32(40)37-18-26(42-44(8,9)33(5,6)7)17-27(37)31(39)35-21(3)23-10-12-24(13-11-23)30-22(4)34-19-43-30/h10-13,15-16,19-21,26-27,29H,14,17-18H2,1-9H3,(H,35,39)/t21-,26+,27-,29?/m0/s1. The van der Waals surface area contributed by atoms with E-state index < -0.39 is 20.3 Å². The van der Waals surface area contributed by atoms with Gasteiger partial charge in [0.1, 0.15) is 24.0 Å². The number of likely N-dealkylation sites (tertiary alicyclic amines) is 1. The number of carbonyl (C=O) groups is 3. The minimum atomic E-state index is -2.17. The molecule has 238 valence electrons. The number of hydrogen-bond acceptors (Lipinski definition) is 8. The highest BCUT2D eigenvalue weighted by Crippen LogP contribution is 2.40. The molecule has 1 aliphatic rings. The average molecular weight is 639 g/mol. The second-order valence-corrected chi connectivity index (χ2v) is 19.3. The van der Waals surface area contributed by atoms with Crippen molar-refractivity contribution in [1.82, 2.24) is 20.4 Å². The highest BCUT2D eigenvalue weighted by molar-refractivity contribution is 7.13. The predicted octanol–water partition coefficient (Wildman–Crippen LogP) is 6.46. The number of aldehydes is 1. The first-order valence-corrected chi connectivity index (χ1v) is 19.1. The molecule has 9 nitrogen and oxygen atoms in total. The van der Waals surface area contributed by atoms with Crippen molar-refractivity contribution < 1.29 is 23.3 Å². The van der Waals surface area contributed by atoms with E-state index in [4.69, 9.17) is 8.95 Å². The second-order valence-electron chi connectivity index (χ2n) is 13.7. The maximum absolute atomic E-state index is 14.3. The van der Waals surface area contributed by atoms with Crippen LogP contribution in [0.4, 0.5) is 0 Å². The first-order valence-electron chi connectivity index (χ1n) is 15.3. The van der Waals surface area contributed by atoms with Crippen LogP contribution in [0.5, 0.6) is 0 Å². The molecule has 2 amide bonds. The Balaban J connectivity index is 1.57. The second kappa shape index (κ2) is 13.5. The summed E-state index contributed by atoms with van der Waals surface area (Å²) >= 11 is 1.61. The minimum absolute atomic E-state index is 0.0180. The molecule has 0 saturated carbocycles. The van der Waals surface area contributed by atoms with Crippen molar-refractivity contribution in [2.75, 3.05) is 6.54 Å². The van der Waals surface area contributed by atoms with Gasteiger partial charge in [-0.15, -0.1) is 11.3 Å². The first kappa shape index (κ1) is 33.7. The zero-order valence-corrected chi connectivity index (χ0v) is 29.2. The quantitative estimate of drug-likeness (QED) is 0.189. The van der Waals surface area contributed by atoms with E-state index >= 15 is 0 Å². The molecule has 1 aromatic carbocycles. The Labute approximate surface area is 265 Å². The van der Waals surface area contributed by atoms with Crippen LogP contribution in [0.25, 0.3) is 10.4 Å². The molecule has 0 aliphatic carbocycles. The Hall–Kier alpha value is -3.15. The van der Waals surface area contributed by atoms with Crippen molar-refractivity contribution >= 4 is 37.8 Å². The summed E-state index contributed by atoms with van der Waals surface area (Å²) in [5, 5.41) is 7.14. The van der Waals surface area contributed by atoms with Crippen molar-refractivity contribution in [3.05, 3.63) is 58.6 Å². The number of rotatable bonds is 11. The molecule has 0 radical (unpaired) electrons. The summed E-state index contributed by atoms with van der Waals surface area (Å²) in [7, 11) is -2.17. The smallest absolute Gasteiger partial charge is 0.243 e. The van der Waals surface area contributed by atoms with Crippen molar-refractivity contribution in [3.63, 3.8) is 0 Å². The highest BCUT2D eigenvalue weighted by Gasteiger charge is 2.47. The van der Waals surface area contributed by atoms with E-state index in [2.05, 4.69) is 61.5 Å². The number of thiazole rings is 1. The molecule has 4 rings (SSSR count). The van der Waals surface area contributed by atoms with Crippen LogP contribution in [0.1, 0.15) is 82.6 Å². The van der Waals surface area contributed by atoms with Crippen LogP contribution < -0.4 is 5.32 Å². The van der Waals surface area contributed by atoms with Gasteiger partial charge in [-0.25, -0.2) is 4.98 Å². The molecule has 1 unspecified atom stereocenters. The van der Waals surface area contributed by atoms with Gasteiger partial charge in [0, 0.05) is 25.5 Å². The third kappa shape index (κ3) is 7.38. The van der Waals surface area contributed by atoms with Crippen molar-refractivity contribution in [3.8, 4) is 10.4 Å². The lowest BCUT2D eigenvalue weighted by Gasteiger charge is -2.38. The van der Waals surface area contributed by atoms with Crippen LogP contribution >= 0.6 is 11.3 Å². The number of nitrogens with one attached hydrogen (secondary N) is 1. The van der Waals surface area contributed by atoms with Gasteiger partial charge in [-0.05, 0) is 49.0 Å². The Kier molecular flexibility index (Phi) is 10.3. The van der Waals surface area contributed by atoms with E-state index in [1.807, 2.05) is 45.3 Å². The Morgan fingerprint density at radius 2 is 1.89 bits per heavy atom. The number of hydrogen-bond donors (Lipinski definition) is 1. The van der Waals surface area contributed by atoms with Crippen LogP contribution in [0.2, 0.25) is 18.1 Å². The molecule has 3 heterocycles. The van der Waals surface area contributed by atoms with Crippen LogP contribution in [-0.4, -0.2) is 60.1 Å². The summed E-state index contributed by atoms with van der Waals surface area (Å²) in [4.78, 5) is 46.4. The third-order valence-electron chi connectivity index (χ3n) is 9.00. The van der Waals surface area contributed by atoms with E-state index in [9.17, 15) is 14.4 Å². The van der Waals surface area contributed by atoms with E-state index in [0.717, 1.165) is 28.0 Å². The molecule has 0 bridgehead atoms. The van der Waals surface area contributed by atoms with E-state index in [0.29, 0.717) is 24.4 Å². The number of aromatic nitrogens is 2. The van der Waals surface area contributed by atoms with Crippen LogP contribution in [0.15, 0.2) is 40.4 Å². The fourth-order valence-corrected chi connectivity index (χ4v) is 7.60. The Morgan fingerprint density at radius 1 is 1.20 bits per heavy atom. The van der Waals surface area contributed by atoms with Crippen LogP contribution in [0.3, 0.4) is 0 Å². The molecule has 0 spiro atoms. The normalized spacial score (nSPS) is 18.8. The summed E-state index contributed by atoms with van der Waals surface area (Å²) < 4.78 is 12.3. The molecule has 4 atom stereocenters. The lowest BCUT2D eigenvalue weighted by Crippen LogP contribution is -2.48. The average Bonchev–Trinajstić information content (AvgIpc) is 3.68. The molecule has 1 fully saturated rings. The highest BCUT2D eigenvalue weighted by atomic mass is 32.1. The first-order chi connectivity index (χ1) is 20.6. The minimum Gasteiger partial charge on any atom is -0.412 e. The molecule has 44 heavy (non-hydrogen) atoms. The number of amides is 2. The summed E-state index contributed by atoms with van der Waals surface area (Å²) in [6.07, 6.45) is 1.02. The lowest BCUT2D eigenvalue weighted by molar-refractivity contribution is -0.141. The fourth-order valence-electron chi connectivity index (χ4n) is 5.43. The summed E-state index contributed by atoms with van der Waals surface area (Å²) in [5.41, 5.74) is 5.38. The zero-order chi connectivity index (χ0) is 32.4. The Bertz CT molecular complexity index is 1460. The van der Waals surface area contributed by atoms with Gasteiger partial charge in [-0.3, -0.25) is 9.59 Å². The fraction of sp³-hybridized carbons (Fsp3) is 0.545. The van der Waals surface area contributed by atoms with Gasteiger partial charge in [0.15, 0.2) is 8.32 Å². The van der Waals surface area contributed by atoms with Crippen LogP contribution in [0, 0.1) is 12.8 Å². The maximum atomic E-state index is 14.3. The van der Waals surface area contributed by atoms with Gasteiger partial charge >= 0.3 is 0 Å². The number of aryl methyl sites for hydroxylation is 1. The monoisotopic (exact) mass is 638 g/mol. The number of nitrogens with zero attached hydrogens (tertiary/aromatic N) is 3. The maximum Gasteiger partial charge on any atom is 0.243 e.